The van der Waals surface area contributed by atoms with Crippen LogP contribution < -0.4 is 5.32 Å². The summed E-state index contributed by atoms with van der Waals surface area (Å²) >= 11 is 0. The van der Waals surface area contributed by atoms with E-state index in [0.717, 1.165) is 39.0 Å². The van der Waals surface area contributed by atoms with Crippen LogP contribution >= 0.6 is 0 Å². The molecule has 0 aliphatic carbocycles. The van der Waals surface area contributed by atoms with Crippen LogP contribution in [0.2, 0.25) is 0 Å². The van der Waals surface area contributed by atoms with E-state index >= 15 is 0 Å². The van der Waals surface area contributed by atoms with Crippen molar-refractivity contribution in [2.24, 2.45) is 0 Å². The zero-order chi connectivity index (χ0) is 13.0. The molecule has 6 heteroatoms. The van der Waals surface area contributed by atoms with Crippen molar-refractivity contribution in [1.29, 1.82) is 0 Å². The van der Waals surface area contributed by atoms with Crippen LogP contribution in [0.15, 0.2) is 0 Å². The Kier molecular flexibility index (Phi) is 4.54. The van der Waals surface area contributed by atoms with Gasteiger partial charge >= 0.3 is 5.97 Å². The number of hydrogen-bond acceptors (Lipinski definition) is 4. The number of nitrogens with one attached hydrogen (secondary N) is 1. The van der Waals surface area contributed by atoms with Crippen LogP contribution in [0.5, 0.6) is 0 Å². The zero-order valence-electron chi connectivity index (χ0n) is 10.6. The van der Waals surface area contributed by atoms with E-state index in [1.807, 2.05) is 0 Å². The van der Waals surface area contributed by atoms with Crippen molar-refractivity contribution in [2.45, 2.75) is 25.3 Å². The highest BCUT2D eigenvalue weighted by Gasteiger charge is 2.32. The second-order valence-electron chi connectivity index (χ2n) is 4.96. The normalized spacial score (nSPS) is 26.0. The maximum Gasteiger partial charge on any atom is 0.326 e. The number of rotatable bonds is 3. The van der Waals surface area contributed by atoms with E-state index in [2.05, 4.69) is 10.2 Å². The van der Waals surface area contributed by atoms with Crippen molar-refractivity contribution in [3.8, 4) is 0 Å². The van der Waals surface area contributed by atoms with Crippen LogP contribution in [0, 0.1) is 0 Å². The summed E-state index contributed by atoms with van der Waals surface area (Å²) in [6.45, 7) is 4.45. The van der Waals surface area contributed by atoms with Crippen molar-refractivity contribution in [2.75, 3.05) is 39.3 Å². The van der Waals surface area contributed by atoms with Gasteiger partial charge in [0.05, 0.1) is 6.54 Å². The van der Waals surface area contributed by atoms with Crippen molar-refractivity contribution in [3.05, 3.63) is 0 Å². The van der Waals surface area contributed by atoms with Crippen molar-refractivity contribution < 1.29 is 14.7 Å². The molecule has 2 rings (SSSR count). The summed E-state index contributed by atoms with van der Waals surface area (Å²) in [5, 5.41) is 12.4. The minimum Gasteiger partial charge on any atom is -0.480 e. The maximum atomic E-state index is 12.2. The first-order chi connectivity index (χ1) is 8.68. The predicted molar refractivity (Wildman–Crippen MR) is 66.3 cm³/mol. The van der Waals surface area contributed by atoms with Gasteiger partial charge in [-0.1, -0.05) is 0 Å². The number of carboxylic acid groups (broad SMARTS) is 1. The van der Waals surface area contributed by atoms with Gasteiger partial charge < -0.3 is 15.3 Å². The van der Waals surface area contributed by atoms with Gasteiger partial charge in [-0.05, 0) is 19.3 Å². The van der Waals surface area contributed by atoms with E-state index in [9.17, 15) is 9.59 Å². The molecule has 1 atom stereocenters. The molecule has 0 unspecified atom stereocenters. The number of likely N-dealkylation sites (tertiary alicyclic amines) is 1. The lowest BCUT2D eigenvalue weighted by Crippen LogP contribution is -2.53. The van der Waals surface area contributed by atoms with E-state index in [-0.39, 0.29) is 5.91 Å². The van der Waals surface area contributed by atoms with Crippen LogP contribution in [-0.2, 0) is 9.59 Å². The largest absolute Gasteiger partial charge is 0.480 e. The smallest absolute Gasteiger partial charge is 0.326 e. The number of carbonyl (C=O) groups excluding carboxylic acids is 1. The molecular formula is C12H21N3O3. The van der Waals surface area contributed by atoms with Gasteiger partial charge in [0, 0.05) is 32.7 Å². The monoisotopic (exact) mass is 255 g/mol. The average molecular weight is 255 g/mol. The second kappa shape index (κ2) is 6.15. The fourth-order valence-corrected chi connectivity index (χ4v) is 2.64. The van der Waals surface area contributed by atoms with Gasteiger partial charge in [0.1, 0.15) is 6.04 Å². The number of piperazine rings is 1. The lowest BCUT2D eigenvalue weighted by Gasteiger charge is -2.35. The Morgan fingerprint density at radius 1 is 1.17 bits per heavy atom. The van der Waals surface area contributed by atoms with Crippen molar-refractivity contribution in [3.63, 3.8) is 0 Å². The standard InChI is InChI=1S/C12H21N3O3/c16-11(9-14-7-4-13-5-8-14)15-6-2-1-3-10(15)12(17)18/h10,13H,1-9H2,(H,17,18)/t10-/m0/s1. The molecular weight excluding hydrogens is 234 g/mol. The molecule has 1 amide bonds. The number of hydrogen-bond donors (Lipinski definition) is 2. The minimum absolute atomic E-state index is 0.0380. The lowest BCUT2D eigenvalue weighted by atomic mass is 10.0. The molecule has 2 aliphatic rings. The highest BCUT2D eigenvalue weighted by atomic mass is 16.4. The SMILES string of the molecule is O=C(O)[C@@H]1CCCCN1C(=O)CN1CCNCC1. The summed E-state index contributed by atoms with van der Waals surface area (Å²) in [6, 6.07) is -0.617. The minimum atomic E-state index is -0.872. The Bertz CT molecular complexity index is 316. The van der Waals surface area contributed by atoms with Crippen molar-refractivity contribution in [1.82, 2.24) is 15.1 Å². The third-order valence-corrected chi connectivity index (χ3v) is 3.68. The van der Waals surface area contributed by atoms with E-state index in [1.54, 1.807) is 4.90 Å². The summed E-state index contributed by atoms with van der Waals surface area (Å²) in [5.41, 5.74) is 0. The number of piperidine rings is 1. The molecule has 102 valence electrons. The molecule has 0 bridgehead atoms. The molecule has 0 aromatic carbocycles. The number of amides is 1. The molecule has 0 aromatic rings. The molecule has 6 nitrogen and oxygen atoms in total. The molecule has 2 aliphatic heterocycles. The fourth-order valence-electron chi connectivity index (χ4n) is 2.64. The molecule has 2 saturated heterocycles. The highest BCUT2D eigenvalue weighted by molar-refractivity contribution is 5.85. The van der Waals surface area contributed by atoms with Crippen LogP contribution in [0.1, 0.15) is 19.3 Å². The fraction of sp³-hybridized carbons (Fsp3) is 0.833. The topological polar surface area (TPSA) is 72.9 Å². The van der Waals surface area contributed by atoms with E-state index in [1.165, 1.54) is 0 Å². The predicted octanol–water partition coefficient (Wildman–Crippen LogP) is -0.643. The highest BCUT2D eigenvalue weighted by Crippen LogP contribution is 2.17. The molecule has 0 saturated carbocycles. The Morgan fingerprint density at radius 2 is 1.89 bits per heavy atom. The summed E-state index contributed by atoms with van der Waals surface area (Å²) in [7, 11) is 0. The van der Waals surface area contributed by atoms with Crippen LogP contribution in [-0.4, -0.2) is 72.1 Å². The third kappa shape index (κ3) is 3.20. The quantitative estimate of drug-likeness (QED) is 0.701. The zero-order valence-corrected chi connectivity index (χ0v) is 10.6. The van der Waals surface area contributed by atoms with Gasteiger partial charge in [-0.15, -0.1) is 0 Å². The van der Waals surface area contributed by atoms with Crippen LogP contribution in [0.25, 0.3) is 0 Å². The number of carbonyl (C=O) groups is 2. The van der Waals surface area contributed by atoms with Gasteiger partial charge in [-0.25, -0.2) is 4.79 Å². The molecule has 0 aromatic heterocycles. The Labute approximate surface area is 107 Å². The molecule has 0 spiro atoms. The van der Waals surface area contributed by atoms with Crippen LogP contribution in [0.3, 0.4) is 0 Å². The molecule has 2 heterocycles. The van der Waals surface area contributed by atoms with Gasteiger partial charge in [-0.2, -0.15) is 0 Å². The van der Waals surface area contributed by atoms with Crippen molar-refractivity contribution >= 4 is 11.9 Å². The lowest BCUT2D eigenvalue weighted by molar-refractivity contribution is -0.152. The van der Waals surface area contributed by atoms with E-state index in [4.69, 9.17) is 5.11 Å². The van der Waals surface area contributed by atoms with E-state index < -0.39 is 12.0 Å². The molecule has 0 radical (unpaired) electrons. The molecule has 2 fully saturated rings. The van der Waals surface area contributed by atoms with Gasteiger partial charge in [0.2, 0.25) is 5.91 Å². The van der Waals surface area contributed by atoms with E-state index in [0.29, 0.717) is 19.5 Å². The second-order valence-corrected chi connectivity index (χ2v) is 4.96. The summed E-state index contributed by atoms with van der Waals surface area (Å²) in [6.07, 6.45) is 2.40. The molecule has 2 N–H and O–H groups in total. The van der Waals surface area contributed by atoms with Gasteiger partial charge in [-0.3, -0.25) is 9.69 Å². The first kappa shape index (κ1) is 13.3. The van der Waals surface area contributed by atoms with Crippen LogP contribution in [0.4, 0.5) is 0 Å². The number of carboxylic acids is 1. The number of aliphatic carboxylic acids is 1. The first-order valence-corrected chi connectivity index (χ1v) is 6.64. The third-order valence-electron chi connectivity index (χ3n) is 3.68. The summed E-state index contributed by atoms with van der Waals surface area (Å²) in [5.74, 6) is -0.910. The Morgan fingerprint density at radius 3 is 2.56 bits per heavy atom. The Hall–Kier alpha value is -1.14. The molecule has 18 heavy (non-hydrogen) atoms. The first-order valence-electron chi connectivity index (χ1n) is 6.64. The average Bonchev–Trinajstić information content (AvgIpc) is 2.40. The van der Waals surface area contributed by atoms with Gasteiger partial charge in [0.15, 0.2) is 0 Å². The number of nitrogens with zero attached hydrogens (tertiary/aromatic N) is 2. The summed E-state index contributed by atoms with van der Waals surface area (Å²) < 4.78 is 0. The Balaban J connectivity index is 1.91. The summed E-state index contributed by atoms with van der Waals surface area (Å²) in [4.78, 5) is 27.0. The van der Waals surface area contributed by atoms with Gasteiger partial charge in [0.25, 0.3) is 0 Å². The maximum absolute atomic E-state index is 12.2.